The molecule has 0 saturated heterocycles. The van der Waals surface area contributed by atoms with Crippen LogP contribution in [0.15, 0.2) is 60.7 Å². The molecule has 0 amide bonds. The van der Waals surface area contributed by atoms with Crippen LogP contribution in [0.4, 0.5) is 0 Å². The quantitative estimate of drug-likeness (QED) is 0.757. The molecular formula is C18H23N. The van der Waals surface area contributed by atoms with Crippen molar-refractivity contribution in [2.45, 2.75) is 25.3 Å². The molecule has 0 aliphatic carbocycles. The van der Waals surface area contributed by atoms with E-state index >= 15 is 0 Å². The SMILES string of the molecule is CN(C)C(CCc1ccccc1)Cc1ccccc1. The van der Waals surface area contributed by atoms with Gasteiger partial charge in [0.25, 0.3) is 0 Å². The van der Waals surface area contributed by atoms with Crippen molar-refractivity contribution in [3.63, 3.8) is 0 Å². The summed E-state index contributed by atoms with van der Waals surface area (Å²) in [5.74, 6) is 0. The molecule has 0 aliphatic rings. The largest absolute Gasteiger partial charge is 0.306 e. The molecule has 1 atom stereocenters. The smallest absolute Gasteiger partial charge is 0.0133 e. The van der Waals surface area contributed by atoms with Crippen LogP contribution in [0, 0.1) is 0 Å². The van der Waals surface area contributed by atoms with E-state index in [1.54, 1.807) is 0 Å². The van der Waals surface area contributed by atoms with E-state index < -0.39 is 0 Å². The second kappa shape index (κ2) is 7.10. The molecule has 0 spiro atoms. The van der Waals surface area contributed by atoms with Gasteiger partial charge in [-0.3, -0.25) is 0 Å². The van der Waals surface area contributed by atoms with Crippen molar-refractivity contribution in [2.24, 2.45) is 0 Å². The average Bonchev–Trinajstić information content (AvgIpc) is 2.45. The van der Waals surface area contributed by atoms with E-state index in [1.165, 1.54) is 17.5 Å². The number of benzene rings is 2. The lowest BCUT2D eigenvalue weighted by Crippen LogP contribution is -2.30. The Kier molecular flexibility index (Phi) is 5.17. The van der Waals surface area contributed by atoms with E-state index in [1.807, 2.05) is 0 Å². The van der Waals surface area contributed by atoms with Gasteiger partial charge in [-0.1, -0.05) is 60.7 Å². The molecule has 0 fully saturated rings. The van der Waals surface area contributed by atoms with Crippen LogP contribution >= 0.6 is 0 Å². The van der Waals surface area contributed by atoms with Crippen molar-refractivity contribution in [3.8, 4) is 0 Å². The average molecular weight is 253 g/mol. The van der Waals surface area contributed by atoms with Crippen LogP contribution in [-0.2, 0) is 12.8 Å². The number of hydrogen-bond donors (Lipinski definition) is 0. The highest BCUT2D eigenvalue weighted by atomic mass is 15.1. The van der Waals surface area contributed by atoms with E-state index in [4.69, 9.17) is 0 Å². The molecular weight excluding hydrogens is 230 g/mol. The Bertz CT molecular complexity index is 462. The lowest BCUT2D eigenvalue weighted by Gasteiger charge is -2.24. The maximum Gasteiger partial charge on any atom is 0.0133 e. The molecule has 1 nitrogen and oxygen atoms in total. The van der Waals surface area contributed by atoms with Gasteiger partial charge in [0.05, 0.1) is 0 Å². The Morgan fingerprint density at radius 1 is 0.789 bits per heavy atom. The number of hydrogen-bond acceptors (Lipinski definition) is 1. The van der Waals surface area contributed by atoms with E-state index in [0.29, 0.717) is 6.04 Å². The highest BCUT2D eigenvalue weighted by Crippen LogP contribution is 2.13. The van der Waals surface area contributed by atoms with Crippen molar-refractivity contribution >= 4 is 0 Å². The first kappa shape index (κ1) is 13.8. The first-order chi connectivity index (χ1) is 9.25. The molecule has 2 rings (SSSR count). The highest BCUT2D eigenvalue weighted by Gasteiger charge is 2.12. The molecule has 1 heteroatoms. The number of rotatable bonds is 6. The molecule has 0 aliphatic heterocycles. The molecule has 2 aromatic rings. The fraction of sp³-hybridized carbons (Fsp3) is 0.333. The van der Waals surface area contributed by atoms with E-state index in [-0.39, 0.29) is 0 Å². The van der Waals surface area contributed by atoms with Gasteiger partial charge < -0.3 is 4.90 Å². The maximum atomic E-state index is 2.34. The second-order valence-electron chi connectivity index (χ2n) is 5.33. The van der Waals surface area contributed by atoms with E-state index in [0.717, 1.165) is 12.8 Å². The topological polar surface area (TPSA) is 3.24 Å². The first-order valence-corrected chi connectivity index (χ1v) is 7.00. The Hall–Kier alpha value is -1.60. The summed E-state index contributed by atoms with van der Waals surface area (Å²) < 4.78 is 0. The third-order valence-electron chi connectivity index (χ3n) is 3.65. The zero-order chi connectivity index (χ0) is 13.5. The van der Waals surface area contributed by atoms with Crippen molar-refractivity contribution in [1.29, 1.82) is 0 Å². The molecule has 0 bridgehead atoms. The minimum absolute atomic E-state index is 0.600. The Morgan fingerprint density at radius 2 is 1.32 bits per heavy atom. The van der Waals surface area contributed by atoms with Gasteiger partial charge in [0.2, 0.25) is 0 Å². The minimum atomic E-state index is 0.600. The predicted octanol–water partition coefficient (Wildman–Crippen LogP) is 3.79. The Labute approximate surface area is 116 Å². The highest BCUT2D eigenvalue weighted by molar-refractivity contribution is 5.17. The zero-order valence-electron chi connectivity index (χ0n) is 11.9. The fourth-order valence-corrected chi connectivity index (χ4v) is 2.41. The monoisotopic (exact) mass is 253 g/mol. The van der Waals surface area contributed by atoms with Gasteiger partial charge >= 0.3 is 0 Å². The van der Waals surface area contributed by atoms with Gasteiger partial charge in [-0.2, -0.15) is 0 Å². The molecule has 2 aromatic carbocycles. The van der Waals surface area contributed by atoms with Crippen LogP contribution in [0.2, 0.25) is 0 Å². The van der Waals surface area contributed by atoms with E-state index in [9.17, 15) is 0 Å². The lowest BCUT2D eigenvalue weighted by molar-refractivity contribution is 0.277. The van der Waals surface area contributed by atoms with Crippen molar-refractivity contribution in [3.05, 3.63) is 71.8 Å². The third kappa shape index (κ3) is 4.53. The summed E-state index contributed by atoms with van der Waals surface area (Å²) in [5.41, 5.74) is 2.86. The normalized spacial score (nSPS) is 12.6. The first-order valence-electron chi connectivity index (χ1n) is 7.00. The van der Waals surface area contributed by atoms with Crippen molar-refractivity contribution < 1.29 is 0 Å². The van der Waals surface area contributed by atoms with Crippen LogP contribution < -0.4 is 0 Å². The van der Waals surface area contributed by atoms with Crippen molar-refractivity contribution in [2.75, 3.05) is 14.1 Å². The number of likely N-dealkylation sites (N-methyl/N-ethyl adjacent to an activating group) is 1. The van der Waals surface area contributed by atoms with Gasteiger partial charge in [-0.25, -0.2) is 0 Å². The summed E-state index contributed by atoms with van der Waals surface area (Å²) in [6.45, 7) is 0. The molecule has 0 heterocycles. The molecule has 1 unspecified atom stereocenters. The van der Waals surface area contributed by atoms with Crippen LogP contribution in [0.1, 0.15) is 17.5 Å². The molecule has 100 valence electrons. The summed E-state index contributed by atoms with van der Waals surface area (Å²) >= 11 is 0. The summed E-state index contributed by atoms with van der Waals surface area (Å²) in [5, 5.41) is 0. The number of nitrogens with zero attached hydrogens (tertiary/aromatic N) is 1. The zero-order valence-corrected chi connectivity index (χ0v) is 11.9. The Morgan fingerprint density at radius 3 is 1.84 bits per heavy atom. The Balaban J connectivity index is 1.93. The summed E-state index contributed by atoms with van der Waals surface area (Å²) in [6.07, 6.45) is 3.48. The third-order valence-corrected chi connectivity index (χ3v) is 3.65. The van der Waals surface area contributed by atoms with Gasteiger partial charge in [0, 0.05) is 6.04 Å². The van der Waals surface area contributed by atoms with Gasteiger partial charge in [0.15, 0.2) is 0 Å². The van der Waals surface area contributed by atoms with Crippen molar-refractivity contribution in [1.82, 2.24) is 4.90 Å². The second-order valence-corrected chi connectivity index (χ2v) is 5.33. The molecule has 0 N–H and O–H groups in total. The molecule has 19 heavy (non-hydrogen) atoms. The van der Waals surface area contributed by atoms with Crippen LogP contribution in [0.5, 0.6) is 0 Å². The summed E-state index contributed by atoms with van der Waals surface area (Å²) in [7, 11) is 4.36. The fourth-order valence-electron chi connectivity index (χ4n) is 2.41. The lowest BCUT2D eigenvalue weighted by atomic mass is 9.98. The number of aryl methyl sites for hydroxylation is 1. The van der Waals surface area contributed by atoms with E-state index in [2.05, 4.69) is 79.7 Å². The van der Waals surface area contributed by atoms with Gasteiger partial charge in [0.1, 0.15) is 0 Å². The minimum Gasteiger partial charge on any atom is -0.306 e. The molecule has 0 radical (unpaired) electrons. The summed E-state index contributed by atoms with van der Waals surface area (Å²) in [4.78, 5) is 2.34. The maximum absolute atomic E-state index is 2.34. The standard InChI is InChI=1S/C18H23N/c1-19(2)18(15-17-11-7-4-8-12-17)14-13-16-9-5-3-6-10-16/h3-12,18H,13-15H2,1-2H3. The van der Waals surface area contributed by atoms with Crippen LogP contribution in [0.3, 0.4) is 0 Å². The predicted molar refractivity (Wildman–Crippen MR) is 82.4 cm³/mol. The molecule has 0 aromatic heterocycles. The van der Waals surface area contributed by atoms with Crippen LogP contribution in [0.25, 0.3) is 0 Å². The van der Waals surface area contributed by atoms with Gasteiger partial charge in [-0.05, 0) is 44.5 Å². The summed E-state index contributed by atoms with van der Waals surface area (Å²) in [6, 6.07) is 22.1. The molecule has 0 saturated carbocycles. The van der Waals surface area contributed by atoms with Crippen LogP contribution in [-0.4, -0.2) is 25.0 Å². The van der Waals surface area contributed by atoms with Gasteiger partial charge in [-0.15, -0.1) is 0 Å².